The molecule has 0 unspecified atom stereocenters. The molecule has 0 radical (unpaired) electrons. The molecule has 0 saturated heterocycles. The molecule has 0 atom stereocenters. The summed E-state index contributed by atoms with van der Waals surface area (Å²) in [6.45, 7) is 4.02. The molecule has 1 heterocycles. The van der Waals surface area contributed by atoms with Gasteiger partial charge in [0.25, 0.3) is 5.91 Å². The van der Waals surface area contributed by atoms with Crippen molar-refractivity contribution >= 4 is 22.6 Å². The van der Waals surface area contributed by atoms with Crippen molar-refractivity contribution in [3.63, 3.8) is 0 Å². The summed E-state index contributed by atoms with van der Waals surface area (Å²) in [5.74, 6) is 1.81. The zero-order valence-corrected chi connectivity index (χ0v) is 14.5. The molecule has 0 aliphatic rings. The Morgan fingerprint density at radius 3 is 2.54 bits per heavy atom. The van der Waals surface area contributed by atoms with Crippen LogP contribution in [0.3, 0.4) is 0 Å². The highest BCUT2D eigenvalue weighted by atomic mass is 16.5. The molecular formula is C19H19N3O4. The molecule has 0 saturated carbocycles. The van der Waals surface area contributed by atoms with Crippen molar-refractivity contribution in [2.75, 3.05) is 26.1 Å². The number of benzene rings is 2. The molecule has 0 aliphatic carbocycles. The minimum absolute atomic E-state index is 0.326. The average Bonchev–Trinajstić information content (AvgIpc) is 3.07. The number of amides is 1. The first-order chi connectivity index (χ1) is 12.6. The Labute approximate surface area is 150 Å². The number of nitrogens with zero attached hydrogens (tertiary/aromatic N) is 1. The van der Waals surface area contributed by atoms with Crippen molar-refractivity contribution in [2.45, 2.75) is 0 Å². The Morgan fingerprint density at radius 1 is 1.15 bits per heavy atom. The number of carbonyl (C=O) groups excluding carboxylic acids is 1. The van der Waals surface area contributed by atoms with E-state index < -0.39 is 0 Å². The fraction of sp³-hybridized carbons (Fsp3) is 0.158. The number of ether oxygens (including phenoxy) is 3. The number of aromatic amines is 1. The van der Waals surface area contributed by atoms with Gasteiger partial charge in [-0.05, 0) is 30.3 Å². The Balaban J connectivity index is 1.88. The largest absolute Gasteiger partial charge is 0.497 e. The van der Waals surface area contributed by atoms with Crippen molar-refractivity contribution in [2.24, 2.45) is 0 Å². The summed E-state index contributed by atoms with van der Waals surface area (Å²) in [6.07, 6.45) is 1.67. The quantitative estimate of drug-likeness (QED) is 0.636. The fourth-order valence-electron chi connectivity index (χ4n) is 2.45. The lowest BCUT2D eigenvalue weighted by Gasteiger charge is -2.08. The number of nitrogens with one attached hydrogen (secondary N) is 2. The maximum absolute atomic E-state index is 12.6. The van der Waals surface area contributed by atoms with Gasteiger partial charge >= 0.3 is 0 Å². The maximum Gasteiger partial charge on any atom is 0.257 e. The highest BCUT2D eigenvalue weighted by Crippen LogP contribution is 2.27. The third-order valence-corrected chi connectivity index (χ3v) is 3.75. The van der Waals surface area contributed by atoms with Crippen molar-refractivity contribution in [1.82, 2.24) is 10.2 Å². The van der Waals surface area contributed by atoms with Gasteiger partial charge in [0.2, 0.25) is 0 Å². The van der Waals surface area contributed by atoms with Gasteiger partial charge in [0, 0.05) is 17.0 Å². The summed E-state index contributed by atoms with van der Waals surface area (Å²) in [4.78, 5) is 12.6. The molecule has 1 aromatic heterocycles. The van der Waals surface area contributed by atoms with E-state index in [1.165, 1.54) is 14.2 Å². The van der Waals surface area contributed by atoms with E-state index in [0.29, 0.717) is 35.2 Å². The normalized spacial score (nSPS) is 10.4. The van der Waals surface area contributed by atoms with Gasteiger partial charge in [0.1, 0.15) is 23.9 Å². The standard InChI is InChI=1S/C19H19N3O4/c1-4-7-26-13-5-6-17-16(11-13)18(22-21-17)20-19(23)12-8-14(24-2)10-15(9-12)25-3/h4-6,8-11H,1,7H2,2-3H3,(H2,20,21,22,23). The molecule has 26 heavy (non-hydrogen) atoms. The van der Waals surface area contributed by atoms with Gasteiger partial charge in [-0.25, -0.2) is 0 Å². The van der Waals surface area contributed by atoms with Gasteiger partial charge in [0.05, 0.1) is 19.7 Å². The molecular weight excluding hydrogens is 334 g/mol. The highest BCUT2D eigenvalue weighted by Gasteiger charge is 2.14. The molecule has 7 heteroatoms. The number of carbonyl (C=O) groups is 1. The van der Waals surface area contributed by atoms with E-state index in [2.05, 4.69) is 22.1 Å². The lowest BCUT2D eigenvalue weighted by atomic mass is 10.1. The summed E-state index contributed by atoms with van der Waals surface area (Å²) in [7, 11) is 3.06. The Bertz CT molecular complexity index is 927. The summed E-state index contributed by atoms with van der Waals surface area (Å²) >= 11 is 0. The van der Waals surface area contributed by atoms with E-state index >= 15 is 0 Å². The van der Waals surface area contributed by atoms with E-state index in [0.717, 1.165) is 10.9 Å². The second kappa shape index (κ2) is 7.60. The van der Waals surface area contributed by atoms with Crippen LogP contribution in [0.15, 0.2) is 49.1 Å². The number of hydrogen-bond donors (Lipinski definition) is 2. The van der Waals surface area contributed by atoms with Crippen LogP contribution in [0, 0.1) is 0 Å². The summed E-state index contributed by atoms with van der Waals surface area (Å²) in [5, 5.41) is 10.6. The summed E-state index contributed by atoms with van der Waals surface area (Å²) in [6, 6.07) is 10.4. The van der Waals surface area contributed by atoms with Crippen LogP contribution in [0.1, 0.15) is 10.4 Å². The lowest BCUT2D eigenvalue weighted by Crippen LogP contribution is -2.12. The van der Waals surface area contributed by atoms with Crippen LogP contribution in [0.5, 0.6) is 17.2 Å². The second-order valence-electron chi connectivity index (χ2n) is 5.43. The summed E-state index contributed by atoms with van der Waals surface area (Å²) in [5.41, 5.74) is 1.19. The molecule has 3 aromatic rings. The highest BCUT2D eigenvalue weighted by molar-refractivity contribution is 6.08. The van der Waals surface area contributed by atoms with E-state index in [4.69, 9.17) is 14.2 Å². The predicted octanol–water partition coefficient (Wildman–Crippen LogP) is 3.40. The SMILES string of the molecule is C=CCOc1ccc2[nH]nc(NC(=O)c3cc(OC)cc(OC)c3)c2c1. The predicted molar refractivity (Wildman–Crippen MR) is 99.3 cm³/mol. The fourth-order valence-corrected chi connectivity index (χ4v) is 2.45. The Kier molecular flexibility index (Phi) is 5.07. The Morgan fingerprint density at radius 2 is 1.88 bits per heavy atom. The van der Waals surface area contributed by atoms with E-state index in [-0.39, 0.29) is 5.91 Å². The molecule has 7 nitrogen and oxygen atoms in total. The summed E-state index contributed by atoms with van der Waals surface area (Å²) < 4.78 is 15.9. The maximum atomic E-state index is 12.6. The van der Waals surface area contributed by atoms with Crippen molar-refractivity contribution in [3.05, 3.63) is 54.6 Å². The minimum Gasteiger partial charge on any atom is -0.497 e. The number of H-pyrrole nitrogens is 1. The topological polar surface area (TPSA) is 85.5 Å². The van der Waals surface area contributed by atoms with Crippen molar-refractivity contribution < 1.29 is 19.0 Å². The van der Waals surface area contributed by atoms with E-state index in [9.17, 15) is 4.79 Å². The molecule has 0 aliphatic heterocycles. The monoisotopic (exact) mass is 353 g/mol. The van der Waals surface area contributed by atoms with Gasteiger partial charge in [-0.15, -0.1) is 0 Å². The van der Waals surface area contributed by atoms with Gasteiger partial charge in [0.15, 0.2) is 5.82 Å². The van der Waals surface area contributed by atoms with Gasteiger partial charge in [-0.1, -0.05) is 12.7 Å². The molecule has 2 N–H and O–H groups in total. The van der Waals surface area contributed by atoms with Crippen LogP contribution in [0.25, 0.3) is 10.9 Å². The first-order valence-electron chi connectivity index (χ1n) is 7.91. The van der Waals surface area contributed by atoms with Crippen LogP contribution in [-0.2, 0) is 0 Å². The molecule has 1 amide bonds. The Hall–Kier alpha value is -3.48. The number of hydrogen-bond acceptors (Lipinski definition) is 5. The van der Waals surface area contributed by atoms with Crippen LogP contribution in [0.2, 0.25) is 0 Å². The molecule has 3 rings (SSSR count). The third kappa shape index (κ3) is 3.61. The average molecular weight is 353 g/mol. The smallest absolute Gasteiger partial charge is 0.257 e. The minimum atomic E-state index is -0.326. The zero-order valence-electron chi connectivity index (χ0n) is 14.5. The number of rotatable bonds is 7. The van der Waals surface area contributed by atoms with Gasteiger partial charge < -0.3 is 19.5 Å². The first kappa shape index (κ1) is 17.3. The van der Waals surface area contributed by atoms with Crippen LogP contribution >= 0.6 is 0 Å². The van der Waals surface area contributed by atoms with Crippen LogP contribution in [-0.4, -0.2) is 36.9 Å². The zero-order chi connectivity index (χ0) is 18.5. The molecule has 0 bridgehead atoms. The van der Waals surface area contributed by atoms with Crippen molar-refractivity contribution in [3.8, 4) is 17.2 Å². The lowest BCUT2D eigenvalue weighted by molar-refractivity contribution is 0.102. The van der Waals surface area contributed by atoms with Crippen LogP contribution in [0.4, 0.5) is 5.82 Å². The van der Waals surface area contributed by atoms with Gasteiger partial charge in [-0.2, -0.15) is 5.10 Å². The number of anilines is 1. The number of aromatic nitrogens is 2. The molecule has 0 spiro atoms. The molecule has 0 fully saturated rings. The van der Waals surface area contributed by atoms with E-state index in [1.807, 2.05) is 18.2 Å². The van der Waals surface area contributed by atoms with Crippen molar-refractivity contribution in [1.29, 1.82) is 0 Å². The number of methoxy groups -OCH3 is 2. The first-order valence-corrected chi connectivity index (χ1v) is 7.91. The second-order valence-corrected chi connectivity index (χ2v) is 5.43. The molecule has 134 valence electrons. The third-order valence-electron chi connectivity index (χ3n) is 3.75. The molecule has 2 aromatic carbocycles. The van der Waals surface area contributed by atoms with Crippen LogP contribution < -0.4 is 19.5 Å². The van der Waals surface area contributed by atoms with Gasteiger partial charge in [-0.3, -0.25) is 9.89 Å². The van der Waals surface area contributed by atoms with E-state index in [1.54, 1.807) is 24.3 Å². The number of fused-ring (bicyclic) bond motifs is 1.